The topological polar surface area (TPSA) is 79.6 Å². The summed E-state index contributed by atoms with van der Waals surface area (Å²) < 4.78 is 19.6. The minimum absolute atomic E-state index is 0.0775. The lowest BCUT2D eigenvalue weighted by Gasteiger charge is -2.10. The van der Waals surface area contributed by atoms with E-state index in [-0.39, 0.29) is 28.3 Å². The fraction of sp³-hybridized carbons (Fsp3) is 0.263. The minimum atomic E-state index is -0.611. The average Bonchev–Trinajstić information content (AvgIpc) is 3.17. The van der Waals surface area contributed by atoms with Crippen molar-refractivity contribution < 1.29 is 4.39 Å². The van der Waals surface area contributed by atoms with Gasteiger partial charge in [-0.15, -0.1) is 0 Å². The highest BCUT2D eigenvalue weighted by atomic mass is 35.5. The number of hydrogen-bond donors (Lipinski definition) is 0. The molecule has 0 aliphatic heterocycles. The van der Waals surface area contributed by atoms with E-state index in [1.165, 1.54) is 29.8 Å². The Balaban J connectivity index is 2.00. The molecule has 0 aliphatic carbocycles. The van der Waals surface area contributed by atoms with Crippen molar-refractivity contribution in [1.82, 2.24) is 28.5 Å². The molecule has 0 aliphatic rings. The van der Waals surface area contributed by atoms with Crippen LogP contribution in [0.3, 0.4) is 0 Å². The Kier molecular flexibility index (Phi) is 4.42. The third-order valence-corrected chi connectivity index (χ3v) is 5.27. The lowest BCUT2D eigenvalue weighted by atomic mass is 10.2. The number of rotatable bonds is 3. The van der Waals surface area contributed by atoms with E-state index in [2.05, 4.69) is 10.1 Å². The van der Waals surface area contributed by atoms with Crippen LogP contribution >= 0.6 is 11.6 Å². The van der Waals surface area contributed by atoms with Crippen molar-refractivity contribution in [3.63, 3.8) is 0 Å². The fourth-order valence-corrected chi connectivity index (χ4v) is 3.66. The lowest BCUT2D eigenvalue weighted by Crippen LogP contribution is -2.40. The van der Waals surface area contributed by atoms with E-state index >= 15 is 0 Å². The number of aromatic nitrogens is 6. The van der Waals surface area contributed by atoms with Gasteiger partial charge in [-0.1, -0.05) is 17.7 Å². The molecule has 1 aromatic carbocycles. The molecule has 0 fully saturated rings. The molecule has 0 saturated heterocycles. The van der Waals surface area contributed by atoms with Crippen LogP contribution in [0.1, 0.15) is 17.0 Å². The van der Waals surface area contributed by atoms with Gasteiger partial charge in [-0.3, -0.25) is 13.9 Å². The quantitative estimate of drug-likeness (QED) is 0.512. The van der Waals surface area contributed by atoms with Gasteiger partial charge < -0.3 is 4.57 Å². The van der Waals surface area contributed by atoms with Gasteiger partial charge in [-0.05, 0) is 32.0 Å². The first-order valence-corrected chi connectivity index (χ1v) is 9.21. The second kappa shape index (κ2) is 6.70. The van der Waals surface area contributed by atoms with Crippen LogP contribution in [0.4, 0.5) is 4.39 Å². The van der Waals surface area contributed by atoms with Gasteiger partial charge in [0.15, 0.2) is 11.2 Å². The summed E-state index contributed by atoms with van der Waals surface area (Å²) in [6.45, 7) is 3.44. The van der Waals surface area contributed by atoms with Crippen molar-refractivity contribution in [2.24, 2.45) is 14.1 Å². The third-order valence-electron chi connectivity index (χ3n) is 4.91. The van der Waals surface area contributed by atoms with Crippen molar-refractivity contribution in [2.45, 2.75) is 20.4 Å². The highest BCUT2D eigenvalue weighted by molar-refractivity contribution is 6.31. The van der Waals surface area contributed by atoms with Gasteiger partial charge in [0.05, 0.1) is 12.2 Å². The van der Waals surface area contributed by atoms with Crippen LogP contribution in [0.25, 0.3) is 17.1 Å². The highest BCUT2D eigenvalue weighted by Gasteiger charge is 2.21. The zero-order chi connectivity index (χ0) is 21.0. The standard InChI is InChI=1S/C19H18ClFN6O2/c1-10-8-11(2)27(23-10)18-22-16-15(24(18)3)17(28)26(19(29)25(16)4)9-12-13(20)6-5-7-14(12)21/h5-8H,9H2,1-4H3. The fourth-order valence-electron chi connectivity index (χ4n) is 3.43. The molecule has 3 heterocycles. The molecule has 4 rings (SSSR count). The number of fused-ring (bicyclic) bond motifs is 1. The zero-order valence-electron chi connectivity index (χ0n) is 16.3. The smallest absolute Gasteiger partial charge is 0.306 e. The van der Waals surface area contributed by atoms with Crippen LogP contribution in [0, 0.1) is 19.7 Å². The van der Waals surface area contributed by atoms with E-state index in [1.807, 2.05) is 19.9 Å². The maximum absolute atomic E-state index is 14.2. The number of nitrogens with zero attached hydrogens (tertiary/aromatic N) is 6. The largest absolute Gasteiger partial charge is 0.332 e. The van der Waals surface area contributed by atoms with Gasteiger partial charge in [0.1, 0.15) is 5.82 Å². The van der Waals surface area contributed by atoms with Gasteiger partial charge in [0.2, 0.25) is 5.95 Å². The summed E-state index contributed by atoms with van der Waals surface area (Å²) in [7, 11) is 3.19. The summed E-state index contributed by atoms with van der Waals surface area (Å²) in [5.41, 5.74) is 0.959. The number of benzene rings is 1. The van der Waals surface area contributed by atoms with Crippen molar-refractivity contribution in [1.29, 1.82) is 0 Å². The second-order valence-electron chi connectivity index (χ2n) is 6.92. The normalized spacial score (nSPS) is 11.5. The Labute approximate surface area is 169 Å². The maximum Gasteiger partial charge on any atom is 0.332 e. The monoisotopic (exact) mass is 416 g/mol. The van der Waals surface area contributed by atoms with E-state index in [0.29, 0.717) is 5.95 Å². The van der Waals surface area contributed by atoms with E-state index in [9.17, 15) is 14.0 Å². The van der Waals surface area contributed by atoms with Crippen molar-refractivity contribution in [2.75, 3.05) is 0 Å². The van der Waals surface area contributed by atoms with Crippen LogP contribution in [-0.2, 0) is 20.6 Å². The SMILES string of the molecule is Cc1cc(C)n(-c2nc3c(c(=O)n(Cc4c(F)cccc4Cl)c(=O)n3C)n2C)n1. The summed E-state index contributed by atoms with van der Waals surface area (Å²) in [6.07, 6.45) is 0. The molecule has 4 aromatic rings. The van der Waals surface area contributed by atoms with Crippen LogP contribution in [-0.4, -0.2) is 28.5 Å². The molecule has 0 saturated carbocycles. The molecular formula is C19H18ClFN6O2. The van der Waals surface area contributed by atoms with Crippen LogP contribution in [0.5, 0.6) is 0 Å². The van der Waals surface area contributed by atoms with E-state index < -0.39 is 17.1 Å². The van der Waals surface area contributed by atoms with Gasteiger partial charge in [-0.2, -0.15) is 10.1 Å². The molecule has 10 heteroatoms. The molecule has 0 bridgehead atoms. The van der Waals surface area contributed by atoms with Crippen LogP contribution in [0.2, 0.25) is 5.02 Å². The average molecular weight is 417 g/mol. The van der Waals surface area contributed by atoms with Gasteiger partial charge in [-0.25, -0.2) is 13.9 Å². The van der Waals surface area contributed by atoms with E-state index in [1.54, 1.807) is 16.3 Å². The zero-order valence-corrected chi connectivity index (χ0v) is 17.0. The predicted octanol–water partition coefficient (Wildman–Crippen LogP) is 2.08. The molecule has 150 valence electrons. The Morgan fingerprint density at radius 1 is 1.14 bits per heavy atom. The van der Waals surface area contributed by atoms with Gasteiger partial charge >= 0.3 is 5.69 Å². The Bertz CT molecular complexity index is 1370. The van der Waals surface area contributed by atoms with Crippen molar-refractivity contribution in [3.05, 3.63) is 72.9 Å². The molecule has 0 unspecified atom stereocenters. The predicted molar refractivity (Wildman–Crippen MR) is 107 cm³/mol. The van der Waals surface area contributed by atoms with Gasteiger partial charge in [0, 0.05) is 30.4 Å². The Morgan fingerprint density at radius 3 is 2.48 bits per heavy atom. The summed E-state index contributed by atoms with van der Waals surface area (Å²) in [4.78, 5) is 30.5. The highest BCUT2D eigenvalue weighted by Crippen LogP contribution is 2.20. The van der Waals surface area contributed by atoms with E-state index in [4.69, 9.17) is 11.6 Å². The minimum Gasteiger partial charge on any atom is -0.306 e. The Morgan fingerprint density at radius 2 is 1.86 bits per heavy atom. The van der Waals surface area contributed by atoms with Crippen molar-refractivity contribution in [3.8, 4) is 5.95 Å². The van der Waals surface area contributed by atoms with Crippen molar-refractivity contribution >= 4 is 22.8 Å². The molecule has 0 N–H and O–H groups in total. The first kappa shape index (κ1) is 19.1. The molecule has 0 amide bonds. The summed E-state index contributed by atoms with van der Waals surface area (Å²) >= 11 is 6.08. The lowest BCUT2D eigenvalue weighted by molar-refractivity contribution is 0.582. The summed E-state index contributed by atoms with van der Waals surface area (Å²) in [6, 6.07) is 6.10. The second-order valence-corrected chi connectivity index (χ2v) is 7.32. The number of halogens is 2. The first-order chi connectivity index (χ1) is 13.7. The van der Waals surface area contributed by atoms with Gasteiger partial charge in [0.25, 0.3) is 5.56 Å². The molecule has 8 nitrogen and oxygen atoms in total. The molecular weight excluding hydrogens is 399 g/mol. The molecule has 0 radical (unpaired) electrons. The first-order valence-electron chi connectivity index (χ1n) is 8.83. The summed E-state index contributed by atoms with van der Waals surface area (Å²) in [5, 5.41) is 4.55. The molecule has 0 spiro atoms. The number of aryl methyl sites for hydroxylation is 4. The Hall–Kier alpha value is -3.20. The molecule has 29 heavy (non-hydrogen) atoms. The molecule has 0 atom stereocenters. The number of imidazole rings is 1. The molecule has 3 aromatic heterocycles. The third kappa shape index (κ3) is 2.89. The summed E-state index contributed by atoms with van der Waals surface area (Å²) in [5.74, 6) is -0.181. The van der Waals surface area contributed by atoms with E-state index in [0.717, 1.165) is 16.0 Å². The maximum atomic E-state index is 14.2. The van der Waals surface area contributed by atoms with Crippen LogP contribution in [0.15, 0.2) is 33.9 Å². The number of hydrogen-bond acceptors (Lipinski definition) is 4. The van der Waals surface area contributed by atoms with Crippen LogP contribution < -0.4 is 11.2 Å².